The molecule has 0 aromatic carbocycles. The van der Waals surface area contributed by atoms with Gasteiger partial charge >= 0.3 is 6.18 Å². The van der Waals surface area contributed by atoms with Gasteiger partial charge in [-0.2, -0.15) is 27.9 Å². The maximum Gasteiger partial charge on any atom is 0.420 e. The summed E-state index contributed by atoms with van der Waals surface area (Å²) in [5, 5.41) is 20.4. The van der Waals surface area contributed by atoms with Crippen molar-refractivity contribution in [1.82, 2.24) is 34.7 Å². The molecule has 2 bridgehead atoms. The zero-order chi connectivity index (χ0) is 29.3. The average molecular weight is 591 g/mol. The van der Waals surface area contributed by atoms with Gasteiger partial charge in [-0.05, 0) is 37.8 Å². The van der Waals surface area contributed by atoms with Gasteiger partial charge in [0.25, 0.3) is 5.91 Å². The second-order valence-electron chi connectivity index (χ2n) is 10.4. The number of hydrogen-bond donors (Lipinski definition) is 3. The SMILES string of the molecule is CS(=O)(=O)c1c(C2CC3CC[C@H](C2)N3C(=O)c2cc[nH]n2)nc2c(-c3ccc(C(O)C(F)(F)F)nc3)cnn2c1N. The number of halogens is 3. The lowest BCUT2D eigenvalue weighted by Crippen LogP contribution is -2.46. The highest BCUT2D eigenvalue weighted by Gasteiger charge is 2.46. The minimum atomic E-state index is -4.87. The summed E-state index contributed by atoms with van der Waals surface area (Å²) in [6.07, 6.45) is -0.0238. The Labute approximate surface area is 231 Å². The van der Waals surface area contributed by atoms with E-state index in [1.165, 1.54) is 16.8 Å². The number of aromatic amines is 1. The molecule has 4 N–H and O–H groups in total. The average Bonchev–Trinajstić information content (AvgIpc) is 3.65. The van der Waals surface area contributed by atoms with Crippen LogP contribution in [0.15, 0.2) is 41.7 Å². The molecule has 1 amide bonds. The quantitative estimate of drug-likeness (QED) is 0.316. The van der Waals surface area contributed by atoms with Crippen LogP contribution in [0, 0.1) is 0 Å². The summed E-state index contributed by atoms with van der Waals surface area (Å²) in [6.45, 7) is 0. The molecule has 12 nitrogen and oxygen atoms in total. The number of rotatable bonds is 5. The van der Waals surface area contributed by atoms with Gasteiger partial charge in [0.2, 0.25) is 0 Å². The van der Waals surface area contributed by atoms with Gasteiger partial charge in [-0.3, -0.25) is 14.9 Å². The van der Waals surface area contributed by atoms with Crippen LogP contribution in [0.4, 0.5) is 19.0 Å². The van der Waals surface area contributed by atoms with Crippen LogP contribution in [-0.4, -0.2) is 78.6 Å². The third-order valence-corrected chi connectivity index (χ3v) is 8.96. The molecule has 0 spiro atoms. The predicted octanol–water partition coefficient (Wildman–Crippen LogP) is 2.65. The fourth-order valence-corrected chi connectivity index (χ4v) is 7.07. The number of nitrogens with one attached hydrogen (secondary N) is 1. The molecule has 6 heterocycles. The summed E-state index contributed by atoms with van der Waals surface area (Å²) < 4.78 is 65.8. The summed E-state index contributed by atoms with van der Waals surface area (Å²) in [4.78, 5) is 23.3. The minimum Gasteiger partial charge on any atom is -0.382 e. The van der Waals surface area contributed by atoms with Crippen molar-refractivity contribution >= 4 is 27.2 Å². The third-order valence-electron chi connectivity index (χ3n) is 7.80. The van der Waals surface area contributed by atoms with E-state index in [2.05, 4.69) is 20.3 Å². The second kappa shape index (κ2) is 9.51. The van der Waals surface area contributed by atoms with Crippen molar-refractivity contribution in [3.05, 3.63) is 53.9 Å². The normalized spacial score (nSPS) is 21.9. The lowest BCUT2D eigenvalue weighted by atomic mass is 9.87. The Kier molecular flexibility index (Phi) is 6.29. The highest BCUT2D eigenvalue weighted by Crippen LogP contribution is 2.45. The first-order chi connectivity index (χ1) is 19.3. The van der Waals surface area contributed by atoms with Crippen LogP contribution in [0.2, 0.25) is 0 Å². The molecule has 216 valence electrons. The molecule has 4 aromatic heterocycles. The van der Waals surface area contributed by atoms with E-state index in [0.717, 1.165) is 31.4 Å². The predicted molar refractivity (Wildman–Crippen MR) is 138 cm³/mol. The van der Waals surface area contributed by atoms with Gasteiger partial charge in [-0.15, -0.1) is 0 Å². The molecule has 2 fully saturated rings. The Morgan fingerprint density at radius 3 is 2.44 bits per heavy atom. The standard InChI is InChI=1S/C25H25F3N8O4S/c1-41(39,40)20-19(13-8-14-3-4-15(9-13)35(14)24(38)18-6-7-31-34-18)33-23-16(11-32-36(23)22(20)29)12-2-5-17(30-10-12)21(37)25(26,27)28/h2,5-7,10-11,13-15,21,37H,3-4,8-9,29H2,1H3,(H,31,34)/t13?,14-,15?,21?/m1/s1. The molecular weight excluding hydrogens is 565 g/mol. The molecule has 6 rings (SSSR count). The summed E-state index contributed by atoms with van der Waals surface area (Å²) in [5.74, 6) is -0.663. The Hall–Kier alpha value is -4.05. The number of piperidine rings is 1. The molecule has 2 aliphatic rings. The number of nitrogens with two attached hydrogens (primary N) is 1. The number of hydrogen-bond acceptors (Lipinski definition) is 9. The molecule has 2 saturated heterocycles. The molecule has 3 unspecified atom stereocenters. The Morgan fingerprint density at radius 1 is 1.17 bits per heavy atom. The van der Waals surface area contributed by atoms with Gasteiger partial charge in [0.1, 0.15) is 16.4 Å². The summed E-state index contributed by atoms with van der Waals surface area (Å²) >= 11 is 0. The number of fused-ring (bicyclic) bond motifs is 3. The van der Waals surface area contributed by atoms with Crippen LogP contribution in [0.3, 0.4) is 0 Å². The number of sulfone groups is 1. The lowest BCUT2D eigenvalue weighted by Gasteiger charge is -2.39. The number of carbonyl (C=O) groups is 1. The number of nitrogens with zero attached hydrogens (tertiary/aromatic N) is 6. The van der Waals surface area contributed by atoms with Gasteiger partial charge in [0.15, 0.2) is 21.6 Å². The minimum absolute atomic E-state index is 0.141. The number of amides is 1. The Morgan fingerprint density at radius 2 is 1.88 bits per heavy atom. The highest BCUT2D eigenvalue weighted by molar-refractivity contribution is 7.91. The van der Waals surface area contributed by atoms with Crippen LogP contribution in [0.5, 0.6) is 0 Å². The zero-order valence-corrected chi connectivity index (χ0v) is 22.4. The number of carbonyl (C=O) groups excluding carboxylic acids is 1. The van der Waals surface area contributed by atoms with E-state index in [1.54, 1.807) is 12.3 Å². The number of aliphatic hydroxyl groups is 1. The number of aliphatic hydroxyl groups excluding tert-OH is 1. The van der Waals surface area contributed by atoms with Crippen molar-refractivity contribution in [3.8, 4) is 11.1 Å². The van der Waals surface area contributed by atoms with Crippen molar-refractivity contribution < 1.29 is 31.5 Å². The second-order valence-corrected chi connectivity index (χ2v) is 12.4. The fourth-order valence-electron chi connectivity index (χ4n) is 6.02. The third kappa shape index (κ3) is 4.60. The molecule has 2 aliphatic heterocycles. The van der Waals surface area contributed by atoms with Crippen LogP contribution in [0.25, 0.3) is 16.8 Å². The van der Waals surface area contributed by atoms with Crippen molar-refractivity contribution in [2.45, 2.75) is 60.9 Å². The molecule has 0 saturated carbocycles. The molecule has 0 radical (unpaired) electrons. The number of nitrogen functional groups attached to an aromatic ring is 1. The zero-order valence-electron chi connectivity index (χ0n) is 21.6. The Bertz CT molecular complexity index is 1730. The van der Waals surface area contributed by atoms with Gasteiger partial charge in [0, 0.05) is 47.8 Å². The maximum absolute atomic E-state index is 13.1. The number of alkyl halides is 3. The topological polar surface area (TPSA) is 172 Å². The van der Waals surface area contributed by atoms with E-state index < -0.39 is 27.8 Å². The first-order valence-corrected chi connectivity index (χ1v) is 14.6. The van der Waals surface area contributed by atoms with E-state index in [0.29, 0.717) is 29.7 Å². The molecular formula is C25H25F3N8O4S. The van der Waals surface area contributed by atoms with E-state index in [-0.39, 0.29) is 46.0 Å². The van der Waals surface area contributed by atoms with E-state index >= 15 is 0 Å². The lowest BCUT2D eigenvalue weighted by molar-refractivity contribution is -0.207. The van der Waals surface area contributed by atoms with E-state index in [4.69, 9.17) is 10.7 Å². The van der Waals surface area contributed by atoms with Crippen LogP contribution < -0.4 is 5.73 Å². The number of aromatic nitrogens is 6. The highest BCUT2D eigenvalue weighted by atomic mass is 32.2. The summed E-state index contributed by atoms with van der Waals surface area (Å²) in [7, 11) is -3.86. The van der Waals surface area contributed by atoms with Gasteiger partial charge in [0.05, 0.1) is 17.6 Å². The largest absolute Gasteiger partial charge is 0.420 e. The summed E-state index contributed by atoms with van der Waals surface area (Å²) in [5.41, 5.74) is 7.30. The maximum atomic E-state index is 13.1. The molecule has 4 aromatic rings. The van der Waals surface area contributed by atoms with Crippen molar-refractivity contribution in [3.63, 3.8) is 0 Å². The van der Waals surface area contributed by atoms with Crippen molar-refractivity contribution in [2.24, 2.45) is 0 Å². The number of H-pyrrole nitrogens is 1. The van der Waals surface area contributed by atoms with Crippen molar-refractivity contribution in [1.29, 1.82) is 0 Å². The van der Waals surface area contributed by atoms with Gasteiger partial charge < -0.3 is 15.7 Å². The number of pyridine rings is 1. The van der Waals surface area contributed by atoms with Crippen LogP contribution in [-0.2, 0) is 9.84 Å². The van der Waals surface area contributed by atoms with Gasteiger partial charge in [-0.25, -0.2) is 13.4 Å². The smallest absolute Gasteiger partial charge is 0.382 e. The monoisotopic (exact) mass is 590 g/mol. The van der Waals surface area contributed by atoms with Crippen LogP contribution >= 0.6 is 0 Å². The van der Waals surface area contributed by atoms with Crippen LogP contribution in [0.1, 0.15) is 59.6 Å². The first-order valence-electron chi connectivity index (χ1n) is 12.7. The number of anilines is 1. The van der Waals surface area contributed by atoms with E-state index in [1.807, 2.05) is 4.90 Å². The fraction of sp³-hybridized carbons (Fsp3) is 0.400. The Balaban J connectivity index is 1.40. The van der Waals surface area contributed by atoms with E-state index in [9.17, 15) is 31.5 Å². The molecule has 41 heavy (non-hydrogen) atoms. The van der Waals surface area contributed by atoms with Crippen molar-refractivity contribution in [2.75, 3.05) is 12.0 Å². The summed E-state index contributed by atoms with van der Waals surface area (Å²) in [6, 6.07) is 3.72. The molecule has 0 aliphatic carbocycles. The molecule has 4 atom stereocenters. The molecule has 16 heteroatoms. The first kappa shape index (κ1) is 27.1. The van der Waals surface area contributed by atoms with Gasteiger partial charge in [-0.1, -0.05) is 6.07 Å².